The molecule has 0 aliphatic carbocycles. The Bertz CT molecular complexity index is 286. The summed E-state index contributed by atoms with van der Waals surface area (Å²) in [6, 6.07) is 0. The number of aryl methyl sites for hydroxylation is 1. The number of rotatable bonds is 0. The predicted molar refractivity (Wildman–Crippen MR) is 49.9 cm³/mol. The van der Waals surface area contributed by atoms with Gasteiger partial charge in [-0.15, -0.1) is 0 Å². The van der Waals surface area contributed by atoms with Crippen molar-refractivity contribution in [3.05, 3.63) is 17.7 Å². The average Bonchev–Trinajstić information content (AvgIpc) is 1.92. The molecule has 0 radical (unpaired) electrons. The fraction of sp³-hybridized carbons (Fsp3) is 0.556. The van der Waals surface area contributed by atoms with Gasteiger partial charge in [0.25, 0.3) is 0 Å². The van der Waals surface area contributed by atoms with E-state index in [0.717, 1.165) is 11.5 Å². The van der Waals surface area contributed by atoms with Gasteiger partial charge in [-0.2, -0.15) is 0 Å². The highest BCUT2D eigenvalue weighted by Gasteiger charge is 2.17. The molecule has 0 bridgehead atoms. The van der Waals surface area contributed by atoms with Crippen LogP contribution in [0.3, 0.4) is 0 Å². The Labute approximate surface area is 73.0 Å². The van der Waals surface area contributed by atoms with Crippen molar-refractivity contribution in [2.24, 2.45) is 0 Å². The summed E-state index contributed by atoms with van der Waals surface area (Å²) in [7, 11) is 0. The van der Waals surface area contributed by atoms with Gasteiger partial charge < -0.3 is 5.73 Å². The molecule has 0 amide bonds. The van der Waals surface area contributed by atoms with Crippen LogP contribution < -0.4 is 5.73 Å². The standard InChI is InChI=1S/C9H15N3/c1-6-7(10)5-11-8(12-6)9(2,3)4/h5H,10H2,1-4H3. The molecule has 0 aromatic carbocycles. The second-order valence-electron chi connectivity index (χ2n) is 3.98. The highest BCUT2D eigenvalue weighted by atomic mass is 14.9. The van der Waals surface area contributed by atoms with Crippen molar-refractivity contribution in [1.82, 2.24) is 9.97 Å². The summed E-state index contributed by atoms with van der Waals surface area (Å²) in [5.41, 5.74) is 7.12. The van der Waals surface area contributed by atoms with Gasteiger partial charge in [0.15, 0.2) is 0 Å². The highest BCUT2D eigenvalue weighted by molar-refractivity contribution is 5.39. The Balaban J connectivity index is 3.14. The van der Waals surface area contributed by atoms with E-state index in [2.05, 4.69) is 30.7 Å². The third-order valence-corrected chi connectivity index (χ3v) is 1.69. The smallest absolute Gasteiger partial charge is 0.134 e. The molecule has 1 aromatic heterocycles. The van der Waals surface area contributed by atoms with Crippen LogP contribution in [0.5, 0.6) is 0 Å². The van der Waals surface area contributed by atoms with E-state index >= 15 is 0 Å². The Hall–Kier alpha value is -1.12. The Morgan fingerprint density at radius 2 is 1.92 bits per heavy atom. The average molecular weight is 165 g/mol. The van der Waals surface area contributed by atoms with E-state index in [4.69, 9.17) is 5.73 Å². The van der Waals surface area contributed by atoms with Crippen LogP contribution in [0, 0.1) is 6.92 Å². The molecule has 1 aromatic rings. The van der Waals surface area contributed by atoms with Gasteiger partial charge in [-0.3, -0.25) is 0 Å². The summed E-state index contributed by atoms with van der Waals surface area (Å²) in [5, 5.41) is 0. The molecule has 1 heterocycles. The van der Waals surface area contributed by atoms with Crippen LogP contribution >= 0.6 is 0 Å². The first-order valence-corrected chi connectivity index (χ1v) is 4.01. The van der Waals surface area contributed by atoms with Crippen LogP contribution in [0.15, 0.2) is 6.20 Å². The maximum absolute atomic E-state index is 5.61. The lowest BCUT2D eigenvalue weighted by atomic mass is 9.95. The minimum Gasteiger partial charge on any atom is -0.396 e. The number of nitrogens with zero attached hydrogens (tertiary/aromatic N) is 2. The summed E-state index contributed by atoms with van der Waals surface area (Å²) in [4.78, 5) is 8.48. The lowest BCUT2D eigenvalue weighted by Crippen LogP contribution is -2.16. The molecule has 12 heavy (non-hydrogen) atoms. The number of nitrogen functional groups attached to an aromatic ring is 1. The van der Waals surface area contributed by atoms with Gasteiger partial charge in [0.1, 0.15) is 5.82 Å². The van der Waals surface area contributed by atoms with Crippen LogP contribution in [0.2, 0.25) is 0 Å². The van der Waals surface area contributed by atoms with E-state index in [0.29, 0.717) is 5.69 Å². The normalized spacial score (nSPS) is 11.7. The highest BCUT2D eigenvalue weighted by Crippen LogP contribution is 2.19. The molecular formula is C9H15N3. The minimum absolute atomic E-state index is 0.00153. The van der Waals surface area contributed by atoms with Crippen LogP contribution in [0.4, 0.5) is 5.69 Å². The van der Waals surface area contributed by atoms with Gasteiger partial charge >= 0.3 is 0 Å². The molecular weight excluding hydrogens is 150 g/mol. The first-order valence-electron chi connectivity index (χ1n) is 4.01. The van der Waals surface area contributed by atoms with Crippen molar-refractivity contribution in [3.8, 4) is 0 Å². The van der Waals surface area contributed by atoms with Gasteiger partial charge in [0.2, 0.25) is 0 Å². The monoisotopic (exact) mass is 165 g/mol. The van der Waals surface area contributed by atoms with Crippen molar-refractivity contribution in [2.75, 3.05) is 5.73 Å². The van der Waals surface area contributed by atoms with Crippen LogP contribution in [0.25, 0.3) is 0 Å². The molecule has 0 aliphatic rings. The summed E-state index contributed by atoms with van der Waals surface area (Å²) in [6.07, 6.45) is 1.67. The zero-order valence-corrected chi connectivity index (χ0v) is 8.05. The summed E-state index contributed by atoms with van der Waals surface area (Å²) in [5.74, 6) is 0.842. The third kappa shape index (κ3) is 1.72. The third-order valence-electron chi connectivity index (χ3n) is 1.69. The molecule has 0 fully saturated rings. The van der Waals surface area contributed by atoms with Gasteiger partial charge in [0, 0.05) is 5.41 Å². The summed E-state index contributed by atoms with van der Waals surface area (Å²) >= 11 is 0. The number of aromatic nitrogens is 2. The molecule has 3 heteroatoms. The number of nitrogens with two attached hydrogens (primary N) is 1. The van der Waals surface area contributed by atoms with Crippen molar-refractivity contribution in [1.29, 1.82) is 0 Å². The van der Waals surface area contributed by atoms with Crippen LogP contribution in [-0.2, 0) is 5.41 Å². The number of hydrogen-bond acceptors (Lipinski definition) is 3. The predicted octanol–water partition coefficient (Wildman–Crippen LogP) is 1.66. The van der Waals surface area contributed by atoms with E-state index in [1.54, 1.807) is 6.20 Å². The van der Waals surface area contributed by atoms with Gasteiger partial charge in [-0.25, -0.2) is 9.97 Å². The number of anilines is 1. The Morgan fingerprint density at radius 3 is 2.33 bits per heavy atom. The van der Waals surface area contributed by atoms with Gasteiger partial charge in [-0.05, 0) is 6.92 Å². The second kappa shape index (κ2) is 2.73. The van der Waals surface area contributed by atoms with E-state index in [9.17, 15) is 0 Å². The Kier molecular flexibility index (Phi) is 2.04. The maximum Gasteiger partial charge on any atom is 0.134 e. The van der Waals surface area contributed by atoms with Crippen molar-refractivity contribution in [2.45, 2.75) is 33.1 Å². The molecule has 0 saturated carbocycles. The zero-order chi connectivity index (χ0) is 9.35. The largest absolute Gasteiger partial charge is 0.396 e. The molecule has 0 saturated heterocycles. The lowest BCUT2D eigenvalue weighted by Gasteiger charge is -2.16. The van der Waals surface area contributed by atoms with E-state index < -0.39 is 0 Å². The molecule has 0 unspecified atom stereocenters. The minimum atomic E-state index is -0.00153. The molecule has 0 atom stereocenters. The quantitative estimate of drug-likeness (QED) is 0.636. The van der Waals surface area contributed by atoms with E-state index in [1.165, 1.54) is 0 Å². The van der Waals surface area contributed by atoms with Gasteiger partial charge in [-0.1, -0.05) is 20.8 Å². The topological polar surface area (TPSA) is 51.8 Å². The fourth-order valence-electron chi connectivity index (χ4n) is 0.838. The molecule has 0 spiro atoms. The van der Waals surface area contributed by atoms with Crippen molar-refractivity contribution in [3.63, 3.8) is 0 Å². The molecule has 66 valence electrons. The van der Waals surface area contributed by atoms with Crippen molar-refractivity contribution < 1.29 is 0 Å². The SMILES string of the molecule is Cc1nc(C(C)(C)C)ncc1N. The molecule has 1 rings (SSSR count). The van der Waals surface area contributed by atoms with Crippen LogP contribution in [0.1, 0.15) is 32.3 Å². The lowest BCUT2D eigenvalue weighted by molar-refractivity contribution is 0.543. The summed E-state index contributed by atoms with van der Waals surface area (Å²) in [6.45, 7) is 8.14. The molecule has 2 N–H and O–H groups in total. The number of hydrogen-bond donors (Lipinski definition) is 1. The maximum atomic E-state index is 5.61. The van der Waals surface area contributed by atoms with E-state index in [1.807, 2.05) is 6.92 Å². The molecule has 0 aliphatic heterocycles. The zero-order valence-electron chi connectivity index (χ0n) is 8.05. The first-order chi connectivity index (χ1) is 5.41. The molecule has 3 nitrogen and oxygen atoms in total. The summed E-state index contributed by atoms with van der Waals surface area (Å²) < 4.78 is 0. The fourth-order valence-corrected chi connectivity index (χ4v) is 0.838. The van der Waals surface area contributed by atoms with E-state index in [-0.39, 0.29) is 5.41 Å². The van der Waals surface area contributed by atoms with Gasteiger partial charge in [0.05, 0.1) is 17.6 Å². The van der Waals surface area contributed by atoms with Crippen LogP contribution in [-0.4, -0.2) is 9.97 Å². The first kappa shape index (κ1) is 8.97. The Morgan fingerprint density at radius 1 is 1.33 bits per heavy atom. The van der Waals surface area contributed by atoms with Crippen molar-refractivity contribution >= 4 is 5.69 Å². The second-order valence-corrected chi connectivity index (χ2v) is 3.98.